The summed E-state index contributed by atoms with van der Waals surface area (Å²) in [5, 5.41) is 0. The van der Waals surface area contributed by atoms with Gasteiger partial charge in [-0.25, -0.2) is 4.98 Å². The summed E-state index contributed by atoms with van der Waals surface area (Å²) >= 11 is 3.46. The van der Waals surface area contributed by atoms with Crippen molar-refractivity contribution in [2.24, 2.45) is 0 Å². The SMILES string of the molecule is CN(C)c1ccc2nccc(Br)c2n1. The Morgan fingerprint density at radius 3 is 2.71 bits per heavy atom. The van der Waals surface area contributed by atoms with E-state index < -0.39 is 0 Å². The van der Waals surface area contributed by atoms with Crippen molar-refractivity contribution in [2.75, 3.05) is 19.0 Å². The van der Waals surface area contributed by atoms with Crippen LogP contribution in [0.4, 0.5) is 5.82 Å². The highest BCUT2D eigenvalue weighted by atomic mass is 79.9. The third-order valence-corrected chi connectivity index (χ3v) is 2.62. The first kappa shape index (κ1) is 9.40. The summed E-state index contributed by atoms with van der Waals surface area (Å²) in [6.45, 7) is 0. The predicted molar refractivity (Wildman–Crippen MR) is 61.6 cm³/mol. The van der Waals surface area contributed by atoms with E-state index in [1.807, 2.05) is 37.2 Å². The van der Waals surface area contributed by atoms with Crippen LogP contribution in [0.1, 0.15) is 0 Å². The number of fused-ring (bicyclic) bond motifs is 1. The molecule has 0 unspecified atom stereocenters. The molecule has 0 aliphatic heterocycles. The highest BCUT2D eigenvalue weighted by Gasteiger charge is 2.03. The normalized spacial score (nSPS) is 10.5. The quantitative estimate of drug-likeness (QED) is 0.780. The van der Waals surface area contributed by atoms with Crippen LogP contribution < -0.4 is 4.90 Å². The van der Waals surface area contributed by atoms with Gasteiger partial charge in [0.1, 0.15) is 11.3 Å². The zero-order chi connectivity index (χ0) is 10.1. The number of halogens is 1. The Kier molecular flexibility index (Phi) is 2.37. The van der Waals surface area contributed by atoms with E-state index in [9.17, 15) is 0 Å². The van der Waals surface area contributed by atoms with E-state index in [4.69, 9.17) is 0 Å². The summed E-state index contributed by atoms with van der Waals surface area (Å²) < 4.78 is 0.978. The van der Waals surface area contributed by atoms with Gasteiger partial charge in [-0.2, -0.15) is 0 Å². The monoisotopic (exact) mass is 251 g/mol. The Morgan fingerprint density at radius 2 is 2.00 bits per heavy atom. The van der Waals surface area contributed by atoms with Crippen molar-refractivity contribution in [3.8, 4) is 0 Å². The summed E-state index contributed by atoms with van der Waals surface area (Å²) in [6, 6.07) is 5.83. The number of hydrogen-bond donors (Lipinski definition) is 0. The lowest BCUT2D eigenvalue weighted by atomic mass is 10.3. The van der Waals surface area contributed by atoms with Gasteiger partial charge in [0.15, 0.2) is 0 Å². The van der Waals surface area contributed by atoms with Crippen molar-refractivity contribution in [2.45, 2.75) is 0 Å². The van der Waals surface area contributed by atoms with Crippen LogP contribution >= 0.6 is 15.9 Å². The van der Waals surface area contributed by atoms with E-state index >= 15 is 0 Å². The average Bonchev–Trinajstić information content (AvgIpc) is 2.18. The standard InChI is InChI=1S/C10H10BrN3/c1-14(2)9-4-3-8-10(13-9)7(11)5-6-12-8/h3-6H,1-2H3. The first-order chi connectivity index (χ1) is 6.68. The molecule has 0 radical (unpaired) electrons. The van der Waals surface area contributed by atoms with Crippen LogP contribution in [0.5, 0.6) is 0 Å². The molecule has 0 aliphatic rings. The van der Waals surface area contributed by atoms with Crippen LogP contribution in [0.3, 0.4) is 0 Å². The molecular formula is C10H10BrN3. The molecule has 0 aromatic carbocycles. The van der Waals surface area contributed by atoms with Gasteiger partial charge in [-0.1, -0.05) is 0 Å². The summed E-state index contributed by atoms with van der Waals surface area (Å²) in [4.78, 5) is 10.7. The fourth-order valence-corrected chi connectivity index (χ4v) is 1.64. The smallest absolute Gasteiger partial charge is 0.128 e. The second kappa shape index (κ2) is 3.53. The lowest BCUT2D eigenvalue weighted by molar-refractivity contribution is 1.08. The number of anilines is 1. The fraction of sp³-hybridized carbons (Fsp3) is 0.200. The minimum Gasteiger partial charge on any atom is -0.363 e. The van der Waals surface area contributed by atoms with Crippen molar-refractivity contribution in [3.63, 3.8) is 0 Å². The second-order valence-corrected chi connectivity index (χ2v) is 4.08. The number of hydrogen-bond acceptors (Lipinski definition) is 3. The second-order valence-electron chi connectivity index (χ2n) is 3.22. The number of rotatable bonds is 1. The highest BCUT2D eigenvalue weighted by molar-refractivity contribution is 9.10. The molecule has 0 atom stereocenters. The summed E-state index contributed by atoms with van der Waals surface area (Å²) in [6.07, 6.45) is 1.77. The third kappa shape index (κ3) is 1.57. The van der Waals surface area contributed by atoms with Gasteiger partial charge >= 0.3 is 0 Å². The lowest BCUT2D eigenvalue weighted by Crippen LogP contribution is -2.10. The van der Waals surface area contributed by atoms with Crippen molar-refractivity contribution in [3.05, 3.63) is 28.9 Å². The Morgan fingerprint density at radius 1 is 1.21 bits per heavy atom. The third-order valence-electron chi connectivity index (χ3n) is 1.98. The molecule has 0 saturated carbocycles. The minimum absolute atomic E-state index is 0.902. The van der Waals surface area contributed by atoms with Crippen LogP contribution in [-0.4, -0.2) is 24.1 Å². The van der Waals surface area contributed by atoms with Gasteiger partial charge in [-0.3, -0.25) is 4.98 Å². The number of aromatic nitrogens is 2. The predicted octanol–water partition coefficient (Wildman–Crippen LogP) is 2.46. The Balaban J connectivity index is 2.70. The van der Waals surface area contributed by atoms with Gasteiger partial charge in [0, 0.05) is 24.8 Å². The van der Waals surface area contributed by atoms with Crippen LogP contribution in [-0.2, 0) is 0 Å². The van der Waals surface area contributed by atoms with Gasteiger partial charge in [0.05, 0.1) is 5.52 Å². The van der Waals surface area contributed by atoms with E-state index in [1.54, 1.807) is 6.20 Å². The first-order valence-electron chi connectivity index (χ1n) is 4.27. The molecule has 0 fully saturated rings. The van der Waals surface area contributed by atoms with Gasteiger partial charge in [0.2, 0.25) is 0 Å². The minimum atomic E-state index is 0.902. The molecule has 0 amide bonds. The zero-order valence-electron chi connectivity index (χ0n) is 8.03. The first-order valence-corrected chi connectivity index (χ1v) is 5.06. The van der Waals surface area contributed by atoms with E-state index in [0.717, 1.165) is 21.3 Å². The van der Waals surface area contributed by atoms with Gasteiger partial charge in [-0.15, -0.1) is 0 Å². The van der Waals surface area contributed by atoms with E-state index in [0.29, 0.717) is 0 Å². The summed E-state index contributed by atoms with van der Waals surface area (Å²) in [5.74, 6) is 0.936. The van der Waals surface area contributed by atoms with Crippen LogP contribution in [0.2, 0.25) is 0 Å². The van der Waals surface area contributed by atoms with Crippen molar-refractivity contribution in [1.82, 2.24) is 9.97 Å². The van der Waals surface area contributed by atoms with Crippen molar-refractivity contribution >= 4 is 32.8 Å². The molecule has 0 bridgehead atoms. The number of pyridine rings is 2. The molecule has 2 aromatic rings. The van der Waals surface area contributed by atoms with Crippen LogP contribution in [0.25, 0.3) is 11.0 Å². The number of nitrogens with zero attached hydrogens (tertiary/aromatic N) is 3. The van der Waals surface area contributed by atoms with E-state index in [1.165, 1.54) is 0 Å². The van der Waals surface area contributed by atoms with Crippen molar-refractivity contribution < 1.29 is 0 Å². The largest absolute Gasteiger partial charge is 0.363 e. The lowest BCUT2D eigenvalue weighted by Gasteiger charge is -2.11. The van der Waals surface area contributed by atoms with Crippen LogP contribution in [0, 0.1) is 0 Å². The maximum atomic E-state index is 4.49. The molecule has 4 heteroatoms. The molecule has 2 heterocycles. The topological polar surface area (TPSA) is 29.0 Å². The Hall–Kier alpha value is -1.16. The molecule has 0 aliphatic carbocycles. The molecule has 72 valence electrons. The van der Waals surface area contributed by atoms with Gasteiger partial charge in [0.25, 0.3) is 0 Å². The molecule has 14 heavy (non-hydrogen) atoms. The van der Waals surface area contributed by atoms with Crippen LogP contribution in [0.15, 0.2) is 28.9 Å². The molecule has 2 rings (SSSR count). The van der Waals surface area contributed by atoms with Gasteiger partial charge < -0.3 is 4.90 Å². The zero-order valence-corrected chi connectivity index (χ0v) is 9.62. The average molecular weight is 252 g/mol. The van der Waals surface area contributed by atoms with Gasteiger partial charge in [-0.05, 0) is 34.1 Å². The molecule has 0 spiro atoms. The summed E-state index contributed by atoms with van der Waals surface area (Å²) in [7, 11) is 3.94. The molecule has 2 aromatic heterocycles. The molecule has 0 N–H and O–H groups in total. The van der Waals surface area contributed by atoms with E-state index in [2.05, 4.69) is 25.9 Å². The molecular weight excluding hydrogens is 242 g/mol. The fourth-order valence-electron chi connectivity index (χ4n) is 1.23. The highest BCUT2D eigenvalue weighted by Crippen LogP contribution is 2.22. The maximum absolute atomic E-state index is 4.49. The molecule has 0 saturated heterocycles. The summed E-state index contributed by atoms with van der Waals surface area (Å²) in [5.41, 5.74) is 1.81. The Labute approximate surface area is 90.9 Å². The molecule has 3 nitrogen and oxygen atoms in total. The Bertz CT molecular complexity index is 468. The van der Waals surface area contributed by atoms with E-state index in [-0.39, 0.29) is 0 Å². The van der Waals surface area contributed by atoms with Crippen molar-refractivity contribution in [1.29, 1.82) is 0 Å². The maximum Gasteiger partial charge on any atom is 0.128 e.